The van der Waals surface area contributed by atoms with Crippen molar-refractivity contribution in [1.29, 1.82) is 0 Å². The number of methoxy groups -OCH3 is 1. The van der Waals surface area contributed by atoms with Crippen molar-refractivity contribution >= 4 is 23.5 Å². The molecule has 1 amide bonds. The average Bonchev–Trinajstić information content (AvgIpc) is 2.95. The van der Waals surface area contributed by atoms with E-state index >= 15 is 0 Å². The molecule has 0 unspecified atom stereocenters. The summed E-state index contributed by atoms with van der Waals surface area (Å²) in [6, 6.07) is 24.3. The van der Waals surface area contributed by atoms with Gasteiger partial charge >= 0.3 is 5.97 Å². The Kier molecular flexibility index (Phi) is 9.54. The molecule has 3 aromatic carbocycles. The number of rotatable bonds is 10. The summed E-state index contributed by atoms with van der Waals surface area (Å²) in [6.45, 7) is 3.89. The summed E-state index contributed by atoms with van der Waals surface area (Å²) in [5.74, 6) is 0.317. The number of carbonyl (C=O) groups excluding carboxylic acids is 2. The van der Waals surface area contributed by atoms with E-state index in [-0.39, 0.29) is 24.6 Å². The van der Waals surface area contributed by atoms with Gasteiger partial charge in [-0.05, 0) is 47.5 Å². The summed E-state index contributed by atoms with van der Waals surface area (Å²) in [5.41, 5.74) is 2.49. The van der Waals surface area contributed by atoms with Crippen LogP contribution in [0.2, 0.25) is 5.02 Å². The first-order chi connectivity index (χ1) is 18.0. The van der Waals surface area contributed by atoms with Crippen LogP contribution in [0, 0.1) is 0 Å². The van der Waals surface area contributed by atoms with Crippen molar-refractivity contribution in [3.8, 4) is 5.75 Å². The van der Waals surface area contributed by atoms with E-state index in [2.05, 4.69) is 4.90 Å². The molecule has 37 heavy (non-hydrogen) atoms. The number of carbonyl (C=O) groups is 2. The number of piperazine rings is 1. The van der Waals surface area contributed by atoms with Gasteiger partial charge in [-0.25, -0.2) is 4.79 Å². The van der Waals surface area contributed by atoms with Gasteiger partial charge in [0.25, 0.3) is 5.91 Å². The van der Waals surface area contributed by atoms with Crippen LogP contribution in [-0.2, 0) is 20.9 Å². The van der Waals surface area contributed by atoms with Crippen molar-refractivity contribution < 1.29 is 23.8 Å². The zero-order valence-electron chi connectivity index (χ0n) is 20.8. The lowest BCUT2D eigenvalue weighted by Gasteiger charge is -2.36. The summed E-state index contributed by atoms with van der Waals surface area (Å²) < 4.78 is 16.7. The zero-order chi connectivity index (χ0) is 26.0. The summed E-state index contributed by atoms with van der Waals surface area (Å²) in [4.78, 5) is 28.5. The number of ether oxygens (including phenoxy) is 3. The number of nitrogens with zero attached hydrogens (tertiary/aromatic N) is 2. The lowest BCUT2D eigenvalue weighted by Crippen LogP contribution is -2.50. The molecule has 7 nitrogen and oxygen atoms in total. The van der Waals surface area contributed by atoms with Crippen molar-refractivity contribution in [2.45, 2.75) is 12.7 Å². The number of hydrogen-bond donors (Lipinski definition) is 0. The number of esters is 1. The van der Waals surface area contributed by atoms with E-state index in [4.69, 9.17) is 25.8 Å². The van der Waals surface area contributed by atoms with Crippen LogP contribution >= 0.6 is 11.6 Å². The van der Waals surface area contributed by atoms with Crippen LogP contribution in [-0.4, -0.2) is 68.1 Å². The van der Waals surface area contributed by atoms with Crippen molar-refractivity contribution in [2.24, 2.45) is 0 Å². The van der Waals surface area contributed by atoms with Crippen LogP contribution < -0.4 is 4.74 Å². The largest absolute Gasteiger partial charge is 0.484 e. The normalized spacial score (nSPS) is 14.7. The molecule has 1 fully saturated rings. The van der Waals surface area contributed by atoms with Crippen LogP contribution in [0.15, 0.2) is 78.9 Å². The maximum absolute atomic E-state index is 12.6. The van der Waals surface area contributed by atoms with Crippen molar-refractivity contribution in [1.82, 2.24) is 9.80 Å². The Morgan fingerprint density at radius 1 is 0.892 bits per heavy atom. The first-order valence-corrected chi connectivity index (χ1v) is 12.6. The van der Waals surface area contributed by atoms with Crippen LogP contribution in [0.1, 0.15) is 27.6 Å². The first-order valence-electron chi connectivity index (χ1n) is 12.2. The molecule has 1 heterocycles. The van der Waals surface area contributed by atoms with E-state index in [1.165, 1.54) is 7.11 Å². The quantitative estimate of drug-likeness (QED) is 0.362. The molecule has 1 aliphatic heterocycles. The van der Waals surface area contributed by atoms with Crippen molar-refractivity contribution in [2.75, 3.05) is 46.4 Å². The smallest absolute Gasteiger partial charge is 0.337 e. The molecule has 0 saturated carbocycles. The van der Waals surface area contributed by atoms with Crippen molar-refractivity contribution in [3.05, 3.63) is 101 Å². The summed E-state index contributed by atoms with van der Waals surface area (Å²) in [6.07, 6.45) is -0.179. The molecular weight excluding hydrogens is 492 g/mol. The van der Waals surface area contributed by atoms with E-state index in [9.17, 15) is 9.59 Å². The molecule has 0 radical (unpaired) electrons. The van der Waals surface area contributed by atoms with Crippen LogP contribution in [0.4, 0.5) is 0 Å². The minimum absolute atomic E-state index is 0.00981. The highest BCUT2D eigenvalue weighted by molar-refractivity contribution is 6.30. The molecule has 0 spiro atoms. The highest BCUT2D eigenvalue weighted by atomic mass is 35.5. The maximum Gasteiger partial charge on any atom is 0.337 e. The van der Waals surface area contributed by atoms with Gasteiger partial charge in [-0.15, -0.1) is 0 Å². The third-order valence-corrected chi connectivity index (χ3v) is 6.57. The summed E-state index contributed by atoms with van der Waals surface area (Å²) >= 11 is 6.11. The Bertz CT molecular complexity index is 1150. The number of para-hydroxylation sites is 1. The van der Waals surface area contributed by atoms with E-state index in [0.29, 0.717) is 42.6 Å². The van der Waals surface area contributed by atoms with Crippen LogP contribution in [0.25, 0.3) is 0 Å². The molecule has 3 aromatic rings. The van der Waals surface area contributed by atoms with Gasteiger partial charge in [0, 0.05) is 37.7 Å². The fourth-order valence-corrected chi connectivity index (χ4v) is 4.28. The van der Waals surface area contributed by atoms with Gasteiger partial charge in [0.05, 0.1) is 25.4 Å². The second kappa shape index (κ2) is 13.2. The summed E-state index contributed by atoms with van der Waals surface area (Å²) in [5, 5.41) is 0.672. The third-order valence-electron chi connectivity index (χ3n) is 6.32. The minimum atomic E-state index is -0.365. The van der Waals surface area contributed by atoms with Crippen molar-refractivity contribution in [3.63, 3.8) is 0 Å². The SMILES string of the molecule is COC(=O)c1ccc(CO[C@H](CN2CCN(C(=O)COc3ccccc3)CC2)c2ccc(Cl)cc2)cc1. The predicted molar refractivity (Wildman–Crippen MR) is 142 cm³/mol. The molecule has 1 saturated heterocycles. The number of benzene rings is 3. The molecule has 1 atom stereocenters. The van der Waals surface area contributed by atoms with Crippen LogP contribution in [0.5, 0.6) is 5.75 Å². The molecule has 0 aliphatic carbocycles. The van der Waals surface area contributed by atoms with Gasteiger partial charge in [-0.1, -0.05) is 54.1 Å². The second-order valence-electron chi connectivity index (χ2n) is 8.82. The Morgan fingerprint density at radius 2 is 1.57 bits per heavy atom. The molecular formula is C29H31ClN2O5. The first kappa shape index (κ1) is 26.7. The Morgan fingerprint density at radius 3 is 2.22 bits per heavy atom. The number of halogens is 1. The predicted octanol–water partition coefficient (Wildman–Crippen LogP) is 4.61. The zero-order valence-corrected chi connectivity index (χ0v) is 21.6. The number of hydrogen-bond acceptors (Lipinski definition) is 6. The van der Waals surface area contributed by atoms with E-state index in [0.717, 1.165) is 24.2 Å². The second-order valence-corrected chi connectivity index (χ2v) is 9.26. The van der Waals surface area contributed by atoms with Crippen LogP contribution in [0.3, 0.4) is 0 Å². The average molecular weight is 523 g/mol. The maximum atomic E-state index is 12.6. The van der Waals surface area contributed by atoms with Gasteiger partial charge in [0.15, 0.2) is 6.61 Å². The lowest BCUT2D eigenvalue weighted by molar-refractivity contribution is -0.135. The highest BCUT2D eigenvalue weighted by Gasteiger charge is 2.24. The van der Waals surface area contributed by atoms with E-state index in [1.807, 2.05) is 71.6 Å². The molecule has 8 heteroatoms. The Hall–Kier alpha value is -3.39. The highest BCUT2D eigenvalue weighted by Crippen LogP contribution is 2.23. The van der Waals surface area contributed by atoms with Gasteiger partial charge in [-0.3, -0.25) is 9.69 Å². The fourth-order valence-electron chi connectivity index (χ4n) is 4.15. The van der Waals surface area contributed by atoms with E-state index < -0.39 is 0 Å². The number of amides is 1. The molecule has 0 aromatic heterocycles. The molecule has 0 N–H and O–H groups in total. The van der Waals surface area contributed by atoms with E-state index in [1.54, 1.807) is 12.1 Å². The summed E-state index contributed by atoms with van der Waals surface area (Å²) in [7, 11) is 1.37. The standard InChI is InChI=1S/C29H31ClN2O5/c1-35-29(34)24-9-7-22(8-10-24)20-37-27(23-11-13-25(30)14-12-23)19-31-15-17-32(18-16-31)28(33)21-36-26-5-3-2-4-6-26/h2-14,27H,15-21H2,1H3/t27-/m1/s1. The molecule has 0 bridgehead atoms. The Balaban J connectivity index is 1.32. The fraction of sp³-hybridized carbons (Fsp3) is 0.310. The monoisotopic (exact) mass is 522 g/mol. The molecule has 194 valence electrons. The van der Waals surface area contributed by atoms with Gasteiger partial charge in [-0.2, -0.15) is 0 Å². The lowest BCUT2D eigenvalue weighted by atomic mass is 10.1. The topological polar surface area (TPSA) is 68.3 Å². The minimum Gasteiger partial charge on any atom is -0.484 e. The van der Waals surface area contributed by atoms with Gasteiger partial charge in [0.1, 0.15) is 5.75 Å². The molecule has 4 rings (SSSR count). The van der Waals surface area contributed by atoms with Gasteiger partial charge < -0.3 is 19.1 Å². The third kappa shape index (κ3) is 7.79. The Labute approximate surface area is 222 Å². The molecule has 1 aliphatic rings. The van der Waals surface area contributed by atoms with Gasteiger partial charge in [0.2, 0.25) is 0 Å².